The third-order valence-corrected chi connectivity index (χ3v) is 1.69. The van der Waals surface area contributed by atoms with Crippen molar-refractivity contribution in [3.05, 3.63) is 24.0 Å². The average molecular weight is 178 g/mol. The van der Waals surface area contributed by atoms with E-state index in [0.29, 0.717) is 12.5 Å². The summed E-state index contributed by atoms with van der Waals surface area (Å²) < 4.78 is 1.89. The third-order valence-electron chi connectivity index (χ3n) is 1.69. The molecule has 0 aromatic carbocycles. The zero-order valence-corrected chi connectivity index (χ0v) is 7.97. The second kappa shape index (κ2) is 4.60. The minimum atomic E-state index is 0.383. The topological polar surface area (TPSA) is 34.9 Å². The molecule has 1 aromatic heterocycles. The van der Waals surface area contributed by atoms with Gasteiger partial charge in [0.2, 0.25) is 0 Å². The number of rotatable bonds is 4. The van der Waals surface area contributed by atoms with Crippen molar-refractivity contribution in [3.8, 4) is 0 Å². The molecule has 0 radical (unpaired) electrons. The van der Waals surface area contributed by atoms with Gasteiger partial charge in [0, 0.05) is 24.2 Å². The normalized spacial score (nSPS) is 11.3. The van der Waals surface area contributed by atoms with Gasteiger partial charge in [-0.15, -0.1) is 0 Å². The molecule has 0 atom stereocenters. The van der Waals surface area contributed by atoms with Gasteiger partial charge in [-0.3, -0.25) is 4.68 Å². The van der Waals surface area contributed by atoms with Gasteiger partial charge in [-0.2, -0.15) is 5.10 Å². The fourth-order valence-electron chi connectivity index (χ4n) is 0.981. The molecule has 0 saturated carbocycles. The summed E-state index contributed by atoms with van der Waals surface area (Å²) in [6.07, 6.45) is 8.83. The lowest BCUT2D eigenvalue weighted by atomic mass is 10.3. The molecule has 13 heavy (non-hydrogen) atoms. The summed E-state index contributed by atoms with van der Waals surface area (Å²) in [5.41, 5.74) is 1.04. The number of carbonyl (C=O) groups is 1. The fraction of sp³-hybridized carbons (Fsp3) is 0.400. The van der Waals surface area contributed by atoms with Gasteiger partial charge in [-0.05, 0) is 13.8 Å². The molecule has 0 unspecified atom stereocenters. The smallest absolute Gasteiger partial charge is 0.123 e. The van der Waals surface area contributed by atoms with Crippen LogP contribution < -0.4 is 0 Å². The standard InChI is InChI=1S/C10H14N2O/c1-9(2)12-8-10(7-11-12)5-3-4-6-13/h3,5-9H,4H2,1-2H3. The molecule has 1 heterocycles. The highest BCUT2D eigenvalue weighted by atomic mass is 16.1. The van der Waals surface area contributed by atoms with E-state index in [0.717, 1.165) is 11.8 Å². The van der Waals surface area contributed by atoms with Gasteiger partial charge < -0.3 is 4.79 Å². The monoisotopic (exact) mass is 178 g/mol. The summed E-state index contributed by atoms with van der Waals surface area (Å²) in [6, 6.07) is 0.383. The lowest BCUT2D eigenvalue weighted by molar-refractivity contribution is -0.107. The number of hydrogen-bond donors (Lipinski definition) is 0. The third kappa shape index (κ3) is 2.86. The molecule has 0 spiro atoms. The second-order valence-electron chi connectivity index (χ2n) is 3.15. The van der Waals surface area contributed by atoms with Crippen molar-refractivity contribution in [1.29, 1.82) is 0 Å². The Hall–Kier alpha value is -1.38. The van der Waals surface area contributed by atoms with Crippen LogP contribution in [-0.2, 0) is 4.79 Å². The van der Waals surface area contributed by atoms with E-state index in [9.17, 15) is 4.79 Å². The van der Waals surface area contributed by atoms with E-state index in [1.165, 1.54) is 0 Å². The molecular formula is C10H14N2O. The molecule has 0 amide bonds. The van der Waals surface area contributed by atoms with Gasteiger partial charge in [0.1, 0.15) is 6.29 Å². The van der Waals surface area contributed by atoms with Crippen LogP contribution >= 0.6 is 0 Å². The summed E-state index contributed by atoms with van der Waals surface area (Å²) >= 11 is 0. The molecule has 0 saturated heterocycles. The lowest BCUT2D eigenvalue weighted by Crippen LogP contribution is -1.99. The maximum Gasteiger partial charge on any atom is 0.123 e. The largest absolute Gasteiger partial charge is 0.303 e. The van der Waals surface area contributed by atoms with Crippen molar-refractivity contribution in [2.75, 3.05) is 0 Å². The molecule has 0 bridgehead atoms. The van der Waals surface area contributed by atoms with Crippen molar-refractivity contribution < 1.29 is 4.79 Å². The van der Waals surface area contributed by atoms with E-state index >= 15 is 0 Å². The highest BCUT2D eigenvalue weighted by molar-refractivity contribution is 5.57. The van der Waals surface area contributed by atoms with Gasteiger partial charge >= 0.3 is 0 Å². The zero-order valence-electron chi connectivity index (χ0n) is 7.97. The lowest BCUT2D eigenvalue weighted by Gasteiger charge is -2.02. The maximum absolute atomic E-state index is 10.0. The number of aldehydes is 1. The maximum atomic E-state index is 10.0. The van der Waals surface area contributed by atoms with Crippen LogP contribution in [0.2, 0.25) is 0 Å². The Bertz CT molecular complexity index is 300. The highest BCUT2D eigenvalue weighted by Gasteiger charge is 1.97. The molecule has 0 aliphatic heterocycles. The van der Waals surface area contributed by atoms with E-state index in [4.69, 9.17) is 0 Å². The molecule has 3 nitrogen and oxygen atoms in total. The van der Waals surface area contributed by atoms with E-state index in [1.54, 1.807) is 6.20 Å². The molecule has 70 valence electrons. The van der Waals surface area contributed by atoms with Gasteiger partial charge in [0.15, 0.2) is 0 Å². The minimum absolute atomic E-state index is 0.383. The summed E-state index contributed by atoms with van der Waals surface area (Å²) in [5, 5.41) is 4.17. The second-order valence-corrected chi connectivity index (χ2v) is 3.15. The molecule has 1 aromatic rings. The first-order chi connectivity index (χ1) is 6.24. The summed E-state index contributed by atoms with van der Waals surface area (Å²) in [4.78, 5) is 10.0. The number of nitrogens with zero attached hydrogens (tertiary/aromatic N) is 2. The van der Waals surface area contributed by atoms with E-state index in [2.05, 4.69) is 18.9 Å². The quantitative estimate of drug-likeness (QED) is 0.661. The highest BCUT2D eigenvalue weighted by Crippen LogP contribution is 2.06. The van der Waals surface area contributed by atoms with E-state index in [-0.39, 0.29) is 0 Å². The van der Waals surface area contributed by atoms with Crippen LogP contribution in [0.5, 0.6) is 0 Å². The van der Waals surface area contributed by atoms with Gasteiger partial charge in [0.25, 0.3) is 0 Å². The molecular weight excluding hydrogens is 164 g/mol. The molecule has 3 heteroatoms. The first-order valence-electron chi connectivity index (χ1n) is 4.38. The fourth-order valence-corrected chi connectivity index (χ4v) is 0.981. The van der Waals surface area contributed by atoms with Crippen LogP contribution in [0, 0.1) is 0 Å². The van der Waals surface area contributed by atoms with E-state index in [1.807, 2.05) is 23.0 Å². The Kier molecular flexibility index (Phi) is 3.43. The SMILES string of the molecule is CC(C)n1cc(C=CCC=O)cn1. The molecule has 0 aliphatic rings. The molecule has 0 fully saturated rings. The predicted octanol–water partition coefficient (Wildman–Crippen LogP) is 2.07. The minimum Gasteiger partial charge on any atom is -0.303 e. The number of aromatic nitrogens is 2. The number of allylic oxidation sites excluding steroid dienone is 1. The van der Waals surface area contributed by atoms with Crippen LogP contribution in [0.4, 0.5) is 0 Å². The Morgan fingerprint density at radius 3 is 2.92 bits per heavy atom. The van der Waals surface area contributed by atoms with Gasteiger partial charge in [-0.25, -0.2) is 0 Å². The zero-order chi connectivity index (χ0) is 9.68. The van der Waals surface area contributed by atoms with Crippen molar-refractivity contribution in [1.82, 2.24) is 9.78 Å². The number of hydrogen-bond acceptors (Lipinski definition) is 2. The molecule has 1 rings (SSSR count). The summed E-state index contributed by atoms with van der Waals surface area (Å²) in [5.74, 6) is 0. The van der Waals surface area contributed by atoms with Crippen LogP contribution in [0.25, 0.3) is 6.08 Å². The summed E-state index contributed by atoms with van der Waals surface area (Å²) in [6.45, 7) is 4.15. The number of carbonyl (C=O) groups excluding carboxylic acids is 1. The Labute approximate surface area is 78.1 Å². The molecule has 0 aliphatic carbocycles. The van der Waals surface area contributed by atoms with Crippen molar-refractivity contribution >= 4 is 12.4 Å². The van der Waals surface area contributed by atoms with Gasteiger partial charge in [0.05, 0.1) is 6.20 Å². The summed E-state index contributed by atoms with van der Waals surface area (Å²) in [7, 11) is 0. The van der Waals surface area contributed by atoms with E-state index < -0.39 is 0 Å². The Morgan fingerprint density at radius 1 is 1.62 bits per heavy atom. The van der Waals surface area contributed by atoms with Crippen LogP contribution in [-0.4, -0.2) is 16.1 Å². The van der Waals surface area contributed by atoms with Gasteiger partial charge in [-0.1, -0.05) is 12.2 Å². The van der Waals surface area contributed by atoms with Crippen molar-refractivity contribution in [2.24, 2.45) is 0 Å². The Balaban J connectivity index is 2.63. The van der Waals surface area contributed by atoms with Crippen molar-refractivity contribution in [2.45, 2.75) is 26.3 Å². The first kappa shape index (κ1) is 9.71. The molecule has 0 N–H and O–H groups in total. The Morgan fingerprint density at radius 2 is 2.38 bits per heavy atom. The first-order valence-corrected chi connectivity index (χ1v) is 4.38. The van der Waals surface area contributed by atoms with Crippen molar-refractivity contribution in [3.63, 3.8) is 0 Å². The van der Waals surface area contributed by atoms with Crippen LogP contribution in [0.1, 0.15) is 31.9 Å². The van der Waals surface area contributed by atoms with Crippen LogP contribution in [0.3, 0.4) is 0 Å². The average Bonchev–Trinajstić information content (AvgIpc) is 2.53. The predicted molar refractivity (Wildman–Crippen MR) is 52.3 cm³/mol. The van der Waals surface area contributed by atoms with Crippen LogP contribution in [0.15, 0.2) is 18.5 Å².